The second-order valence-corrected chi connectivity index (χ2v) is 7.87. The molecular weight excluding hydrogens is 398 g/mol. The zero-order valence-corrected chi connectivity index (χ0v) is 17.3. The fourth-order valence-corrected chi connectivity index (χ4v) is 3.92. The van der Waals surface area contributed by atoms with Crippen LogP contribution in [0.2, 0.25) is 5.02 Å². The maximum atomic E-state index is 6.06. The molecule has 1 aliphatic heterocycles. The van der Waals surface area contributed by atoms with Crippen LogP contribution in [-0.4, -0.2) is 32.8 Å². The molecular formula is C23H22ClN5O. The molecule has 1 saturated heterocycles. The summed E-state index contributed by atoms with van der Waals surface area (Å²) in [5.41, 5.74) is 0.873. The molecule has 30 heavy (non-hydrogen) atoms. The highest BCUT2D eigenvalue weighted by atomic mass is 35.5. The first-order valence-corrected chi connectivity index (χ1v) is 10.6. The quantitative estimate of drug-likeness (QED) is 0.428. The average Bonchev–Trinajstić information content (AvgIpc) is 3.17. The summed E-state index contributed by atoms with van der Waals surface area (Å²) in [5, 5.41) is 5.99. The fraction of sp³-hybridized carbons (Fsp3) is 0.261. The highest BCUT2D eigenvalue weighted by Gasteiger charge is 2.18. The number of hydrogen-bond donors (Lipinski definition) is 0. The van der Waals surface area contributed by atoms with Crippen LogP contribution in [-0.2, 0) is 0 Å². The summed E-state index contributed by atoms with van der Waals surface area (Å²) in [6.07, 6.45) is 8.47. The molecule has 0 radical (unpaired) electrons. The Morgan fingerprint density at radius 3 is 2.37 bits per heavy atom. The number of anilines is 1. The van der Waals surface area contributed by atoms with Crippen LogP contribution in [0.25, 0.3) is 16.9 Å². The number of halogens is 1. The van der Waals surface area contributed by atoms with E-state index in [1.807, 2.05) is 54.7 Å². The monoisotopic (exact) mass is 419 g/mol. The van der Waals surface area contributed by atoms with Crippen LogP contribution in [0.15, 0.2) is 60.9 Å². The van der Waals surface area contributed by atoms with E-state index < -0.39 is 0 Å². The van der Waals surface area contributed by atoms with Gasteiger partial charge in [0, 0.05) is 35.9 Å². The van der Waals surface area contributed by atoms with Crippen LogP contribution in [0.5, 0.6) is 11.5 Å². The normalized spacial score (nSPS) is 14.6. The van der Waals surface area contributed by atoms with Gasteiger partial charge in [0.05, 0.1) is 5.52 Å². The summed E-state index contributed by atoms with van der Waals surface area (Å²) in [7, 11) is 0. The number of rotatable bonds is 4. The first-order chi connectivity index (χ1) is 14.8. The lowest BCUT2D eigenvalue weighted by molar-refractivity contribution is 0.483. The van der Waals surface area contributed by atoms with Crippen molar-refractivity contribution in [3.8, 4) is 17.4 Å². The lowest BCUT2D eigenvalue weighted by Gasteiger charge is -2.23. The molecule has 1 fully saturated rings. The van der Waals surface area contributed by atoms with E-state index in [0.29, 0.717) is 11.0 Å². The van der Waals surface area contributed by atoms with Gasteiger partial charge in [0.2, 0.25) is 0 Å². The van der Waals surface area contributed by atoms with Gasteiger partial charge in [-0.2, -0.15) is 10.1 Å². The Labute approximate surface area is 180 Å². The van der Waals surface area contributed by atoms with Crippen molar-refractivity contribution in [1.29, 1.82) is 0 Å². The molecule has 0 atom stereocenters. The van der Waals surface area contributed by atoms with E-state index in [0.717, 1.165) is 41.3 Å². The van der Waals surface area contributed by atoms with E-state index in [-0.39, 0.29) is 0 Å². The first-order valence-electron chi connectivity index (χ1n) is 10.3. The third kappa shape index (κ3) is 3.96. The van der Waals surface area contributed by atoms with Crippen molar-refractivity contribution < 1.29 is 4.74 Å². The minimum atomic E-state index is 0.582. The van der Waals surface area contributed by atoms with Crippen molar-refractivity contribution >= 4 is 28.3 Å². The minimum absolute atomic E-state index is 0.582. The molecule has 152 valence electrons. The number of ether oxygens (including phenoxy) is 1. The predicted octanol–water partition coefficient (Wildman–Crippen LogP) is 5.64. The molecule has 3 heterocycles. The van der Waals surface area contributed by atoms with Gasteiger partial charge in [0.25, 0.3) is 5.95 Å². The molecule has 0 N–H and O–H groups in total. The number of nitrogens with zero attached hydrogens (tertiary/aromatic N) is 5. The minimum Gasteiger partial charge on any atom is -0.457 e. The molecule has 6 nitrogen and oxygen atoms in total. The number of aromatic nitrogens is 4. The largest absolute Gasteiger partial charge is 0.457 e. The summed E-state index contributed by atoms with van der Waals surface area (Å²) in [6.45, 7) is 1.99. The van der Waals surface area contributed by atoms with Crippen LogP contribution in [0.4, 0.5) is 5.82 Å². The van der Waals surface area contributed by atoms with Crippen molar-refractivity contribution in [3.05, 3.63) is 65.9 Å². The maximum Gasteiger partial charge on any atom is 0.253 e. The van der Waals surface area contributed by atoms with Crippen molar-refractivity contribution in [3.63, 3.8) is 0 Å². The lowest BCUT2D eigenvalue weighted by Crippen LogP contribution is -2.26. The molecule has 1 aliphatic rings. The molecule has 2 aromatic carbocycles. The van der Waals surface area contributed by atoms with Gasteiger partial charge in [0.1, 0.15) is 17.3 Å². The van der Waals surface area contributed by atoms with E-state index in [1.165, 1.54) is 25.7 Å². The van der Waals surface area contributed by atoms with Gasteiger partial charge < -0.3 is 9.64 Å². The molecule has 7 heteroatoms. The number of fused-ring (bicyclic) bond motifs is 1. The van der Waals surface area contributed by atoms with Gasteiger partial charge in [0.15, 0.2) is 0 Å². The highest BCUT2D eigenvalue weighted by Crippen LogP contribution is 2.32. The third-order valence-electron chi connectivity index (χ3n) is 5.30. The van der Waals surface area contributed by atoms with Gasteiger partial charge in [-0.1, -0.05) is 24.4 Å². The third-order valence-corrected chi connectivity index (χ3v) is 5.55. The number of benzene rings is 2. The molecule has 0 spiro atoms. The molecule has 0 bridgehead atoms. The summed E-state index contributed by atoms with van der Waals surface area (Å²) in [4.78, 5) is 12.0. The standard InChI is InChI=1S/C23H22ClN5O/c24-17-6-8-18(9-7-17)30-19-10-11-21-20(16-19)22(28-13-3-1-2-4-14-28)27-23(26-21)29-15-5-12-25-29/h5-12,15-16H,1-4,13-14H2. The van der Waals surface area contributed by atoms with Gasteiger partial charge in [-0.05, 0) is 61.4 Å². The zero-order chi connectivity index (χ0) is 20.3. The second-order valence-electron chi connectivity index (χ2n) is 7.43. The number of hydrogen-bond acceptors (Lipinski definition) is 5. The van der Waals surface area contributed by atoms with Gasteiger partial charge in [-0.15, -0.1) is 0 Å². The van der Waals surface area contributed by atoms with Crippen LogP contribution in [0.3, 0.4) is 0 Å². The first kappa shape index (κ1) is 18.9. The molecule has 0 unspecified atom stereocenters. The van der Waals surface area contributed by atoms with Crippen LogP contribution in [0, 0.1) is 0 Å². The Morgan fingerprint density at radius 2 is 1.63 bits per heavy atom. The van der Waals surface area contributed by atoms with Crippen molar-refractivity contribution in [2.45, 2.75) is 25.7 Å². The van der Waals surface area contributed by atoms with Crippen molar-refractivity contribution in [2.24, 2.45) is 0 Å². The maximum absolute atomic E-state index is 6.06. The molecule has 5 rings (SSSR count). The Balaban J connectivity index is 1.59. The van der Waals surface area contributed by atoms with Gasteiger partial charge in [-0.3, -0.25) is 0 Å². The summed E-state index contributed by atoms with van der Waals surface area (Å²) < 4.78 is 7.77. The molecule has 0 aliphatic carbocycles. The topological polar surface area (TPSA) is 56.1 Å². The van der Waals surface area contributed by atoms with Crippen molar-refractivity contribution in [2.75, 3.05) is 18.0 Å². The van der Waals surface area contributed by atoms with E-state index in [1.54, 1.807) is 10.9 Å². The second kappa shape index (κ2) is 8.32. The van der Waals surface area contributed by atoms with Crippen LogP contribution in [0.1, 0.15) is 25.7 Å². The highest BCUT2D eigenvalue weighted by molar-refractivity contribution is 6.30. The van der Waals surface area contributed by atoms with Gasteiger partial charge in [-0.25, -0.2) is 9.67 Å². The van der Waals surface area contributed by atoms with E-state index >= 15 is 0 Å². The molecule has 0 amide bonds. The Hall–Kier alpha value is -3.12. The molecule has 4 aromatic rings. The smallest absolute Gasteiger partial charge is 0.253 e. The van der Waals surface area contributed by atoms with E-state index in [9.17, 15) is 0 Å². The Bertz CT molecular complexity index is 1140. The fourth-order valence-electron chi connectivity index (χ4n) is 3.79. The zero-order valence-electron chi connectivity index (χ0n) is 16.5. The molecule has 2 aromatic heterocycles. The van der Waals surface area contributed by atoms with E-state index in [2.05, 4.69) is 10.00 Å². The van der Waals surface area contributed by atoms with Crippen LogP contribution >= 0.6 is 11.6 Å². The predicted molar refractivity (Wildman–Crippen MR) is 119 cm³/mol. The SMILES string of the molecule is Clc1ccc(Oc2ccc3nc(-n4cccn4)nc(N4CCCCCC4)c3c2)cc1. The Morgan fingerprint density at radius 1 is 0.867 bits per heavy atom. The summed E-state index contributed by atoms with van der Waals surface area (Å²) in [5.74, 6) is 3.01. The van der Waals surface area contributed by atoms with Gasteiger partial charge >= 0.3 is 0 Å². The van der Waals surface area contributed by atoms with E-state index in [4.69, 9.17) is 26.3 Å². The lowest BCUT2D eigenvalue weighted by atomic mass is 10.2. The van der Waals surface area contributed by atoms with Crippen molar-refractivity contribution in [1.82, 2.24) is 19.7 Å². The molecule has 0 saturated carbocycles. The summed E-state index contributed by atoms with van der Waals surface area (Å²) in [6, 6.07) is 15.2. The average molecular weight is 420 g/mol. The Kier molecular flexibility index (Phi) is 5.24. The summed E-state index contributed by atoms with van der Waals surface area (Å²) >= 11 is 5.99. The van der Waals surface area contributed by atoms with Crippen LogP contribution < -0.4 is 9.64 Å².